The smallest absolute Gasteiger partial charge is 0.0103 e. The third kappa shape index (κ3) is 4.54. The second-order valence-electron chi connectivity index (χ2n) is 4.01. The SMILES string of the molecule is CSCCCN1CCCCC1CCBr. The summed E-state index contributed by atoms with van der Waals surface area (Å²) in [5, 5.41) is 1.16. The van der Waals surface area contributed by atoms with Crippen molar-refractivity contribution in [3.63, 3.8) is 0 Å². The van der Waals surface area contributed by atoms with Gasteiger partial charge in [-0.2, -0.15) is 11.8 Å². The van der Waals surface area contributed by atoms with Crippen molar-refractivity contribution in [3.8, 4) is 0 Å². The van der Waals surface area contributed by atoms with Crippen LogP contribution in [-0.2, 0) is 0 Å². The first-order valence-electron chi connectivity index (χ1n) is 5.67. The minimum absolute atomic E-state index is 0.866. The molecule has 0 amide bonds. The van der Waals surface area contributed by atoms with Crippen molar-refractivity contribution in [2.75, 3.05) is 30.4 Å². The molecule has 1 unspecified atom stereocenters. The lowest BCUT2D eigenvalue weighted by molar-refractivity contribution is 0.146. The molecular formula is C11H22BrNS. The lowest BCUT2D eigenvalue weighted by Gasteiger charge is -2.35. The first-order chi connectivity index (χ1) is 6.88. The molecule has 0 aliphatic carbocycles. The zero-order valence-electron chi connectivity index (χ0n) is 9.17. The predicted molar refractivity (Wildman–Crippen MR) is 70.6 cm³/mol. The molecule has 0 bridgehead atoms. The van der Waals surface area contributed by atoms with Crippen LogP contribution in [0.1, 0.15) is 32.1 Å². The Bertz CT molecular complexity index is 141. The van der Waals surface area contributed by atoms with Gasteiger partial charge in [-0.05, 0) is 50.8 Å². The second-order valence-corrected chi connectivity index (χ2v) is 5.79. The number of hydrogen-bond acceptors (Lipinski definition) is 2. The van der Waals surface area contributed by atoms with Crippen LogP contribution in [0.5, 0.6) is 0 Å². The summed E-state index contributed by atoms with van der Waals surface area (Å²) >= 11 is 5.53. The Morgan fingerprint density at radius 3 is 3.00 bits per heavy atom. The number of alkyl halides is 1. The average Bonchev–Trinajstić information content (AvgIpc) is 2.21. The van der Waals surface area contributed by atoms with Gasteiger partial charge in [0.1, 0.15) is 0 Å². The quantitative estimate of drug-likeness (QED) is 0.542. The summed E-state index contributed by atoms with van der Waals surface area (Å²) in [4.78, 5) is 2.71. The molecule has 1 saturated heterocycles. The minimum Gasteiger partial charge on any atom is -0.300 e. The topological polar surface area (TPSA) is 3.24 Å². The fraction of sp³-hybridized carbons (Fsp3) is 1.00. The molecule has 0 spiro atoms. The van der Waals surface area contributed by atoms with E-state index in [9.17, 15) is 0 Å². The van der Waals surface area contributed by atoms with E-state index in [2.05, 4.69) is 27.1 Å². The van der Waals surface area contributed by atoms with Crippen molar-refractivity contribution in [1.82, 2.24) is 4.90 Å². The number of piperidine rings is 1. The molecule has 1 nitrogen and oxygen atoms in total. The summed E-state index contributed by atoms with van der Waals surface area (Å²) in [6.07, 6.45) is 9.17. The molecule has 1 fully saturated rings. The highest BCUT2D eigenvalue weighted by atomic mass is 79.9. The first kappa shape index (κ1) is 12.9. The average molecular weight is 280 g/mol. The van der Waals surface area contributed by atoms with Crippen molar-refractivity contribution in [2.45, 2.75) is 38.1 Å². The maximum absolute atomic E-state index is 3.56. The molecule has 0 aromatic carbocycles. The molecule has 14 heavy (non-hydrogen) atoms. The van der Waals surface area contributed by atoms with Crippen LogP contribution >= 0.6 is 27.7 Å². The van der Waals surface area contributed by atoms with Crippen molar-refractivity contribution in [1.29, 1.82) is 0 Å². The molecule has 1 rings (SSSR count). The summed E-state index contributed by atoms with van der Waals surface area (Å²) < 4.78 is 0. The van der Waals surface area contributed by atoms with Gasteiger partial charge in [0, 0.05) is 11.4 Å². The van der Waals surface area contributed by atoms with E-state index >= 15 is 0 Å². The Kier molecular flexibility index (Phi) is 7.35. The highest BCUT2D eigenvalue weighted by Crippen LogP contribution is 2.20. The van der Waals surface area contributed by atoms with Gasteiger partial charge >= 0.3 is 0 Å². The van der Waals surface area contributed by atoms with Crippen LogP contribution in [0.4, 0.5) is 0 Å². The number of halogens is 1. The molecule has 3 heteroatoms. The van der Waals surface area contributed by atoms with E-state index in [0.717, 1.165) is 11.4 Å². The van der Waals surface area contributed by atoms with E-state index in [1.54, 1.807) is 0 Å². The van der Waals surface area contributed by atoms with Crippen LogP contribution in [0.3, 0.4) is 0 Å². The molecule has 0 radical (unpaired) electrons. The van der Waals surface area contributed by atoms with E-state index < -0.39 is 0 Å². The van der Waals surface area contributed by atoms with Gasteiger partial charge in [-0.3, -0.25) is 0 Å². The lowest BCUT2D eigenvalue weighted by Crippen LogP contribution is -2.40. The number of likely N-dealkylation sites (tertiary alicyclic amines) is 1. The zero-order chi connectivity index (χ0) is 10.2. The maximum atomic E-state index is 3.56. The highest BCUT2D eigenvalue weighted by Gasteiger charge is 2.20. The minimum atomic E-state index is 0.866. The highest BCUT2D eigenvalue weighted by molar-refractivity contribution is 9.09. The summed E-state index contributed by atoms with van der Waals surface area (Å²) in [5.74, 6) is 1.32. The molecule has 84 valence electrons. The van der Waals surface area contributed by atoms with E-state index in [4.69, 9.17) is 0 Å². The standard InChI is InChI=1S/C11H22BrNS/c1-14-10-4-9-13-8-3-2-5-11(13)6-7-12/h11H,2-10H2,1H3. The molecule has 1 atom stereocenters. The Morgan fingerprint density at radius 2 is 2.29 bits per heavy atom. The molecule has 1 aliphatic heterocycles. The largest absolute Gasteiger partial charge is 0.300 e. The number of thioether (sulfide) groups is 1. The molecule has 1 aliphatic rings. The van der Waals surface area contributed by atoms with Gasteiger partial charge in [-0.25, -0.2) is 0 Å². The second kappa shape index (κ2) is 8.00. The van der Waals surface area contributed by atoms with Crippen LogP contribution in [-0.4, -0.2) is 41.4 Å². The van der Waals surface area contributed by atoms with Gasteiger partial charge in [-0.15, -0.1) is 0 Å². The van der Waals surface area contributed by atoms with Crippen molar-refractivity contribution < 1.29 is 0 Å². The van der Waals surface area contributed by atoms with Crippen LogP contribution in [0.25, 0.3) is 0 Å². The van der Waals surface area contributed by atoms with Crippen LogP contribution in [0.2, 0.25) is 0 Å². The number of hydrogen-bond donors (Lipinski definition) is 0. The summed E-state index contributed by atoms with van der Waals surface area (Å²) in [6.45, 7) is 2.66. The summed E-state index contributed by atoms with van der Waals surface area (Å²) in [6, 6.07) is 0.866. The van der Waals surface area contributed by atoms with Crippen molar-refractivity contribution in [2.24, 2.45) is 0 Å². The molecule has 0 saturated carbocycles. The van der Waals surface area contributed by atoms with Gasteiger partial charge in [-0.1, -0.05) is 22.4 Å². The Labute approximate surface area is 101 Å². The zero-order valence-corrected chi connectivity index (χ0v) is 11.6. The monoisotopic (exact) mass is 279 g/mol. The molecule has 0 aromatic rings. The van der Waals surface area contributed by atoms with E-state index in [0.29, 0.717) is 0 Å². The summed E-state index contributed by atoms with van der Waals surface area (Å²) in [7, 11) is 0. The Hall–Kier alpha value is 0.790. The lowest BCUT2D eigenvalue weighted by atomic mass is 10.00. The molecular weight excluding hydrogens is 258 g/mol. The van der Waals surface area contributed by atoms with Gasteiger partial charge in [0.2, 0.25) is 0 Å². The fourth-order valence-corrected chi connectivity index (χ4v) is 3.17. The van der Waals surface area contributed by atoms with Crippen molar-refractivity contribution in [3.05, 3.63) is 0 Å². The predicted octanol–water partition coefficient (Wildman–Crippen LogP) is 3.38. The molecule has 1 heterocycles. The molecule has 0 N–H and O–H groups in total. The van der Waals surface area contributed by atoms with Gasteiger partial charge in [0.25, 0.3) is 0 Å². The van der Waals surface area contributed by atoms with Gasteiger partial charge in [0.05, 0.1) is 0 Å². The Morgan fingerprint density at radius 1 is 1.43 bits per heavy atom. The fourth-order valence-electron chi connectivity index (χ4n) is 2.22. The maximum Gasteiger partial charge on any atom is 0.0103 e. The third-order valence-corrected chi connectivity index (χ3v) is 4.14. The van der Waals surface area contributed by atoms with E-state index in [1.807, 2.05) is 11.8 Å². The third-order valence-electron chi connectivity index (χ3n) is 2.99. The van der Waals surface area contributed by atoms with Gasteiger partial charge < -0.3 is 4.90 Å². The number of rotatable bonds is 6. The number of nitrogens with zero attached hydrogens (tertiary/aromatic N) is 1. The normalized spacial score (nSPS) is 24.0. The summed E-state index contributed by atoms with van der Waals surface area (Å²) in [5.41, 5.74) is 0. The van der Waals surface area contributed by atoms with Crippen LogP contribution in [0.15, 0.2) is 0 Å². The first-order valence-corrected chi connectivity index (χ1v) is 8.19. The van der Waals surface area contributed by atoms with Crippen molar-refractivity contribution >= 4 is 27.7 Å². The Balaban J connectivity index is 2.22. The molecule has 0 aromatic heterocycles. The van der Waals surface area contributed by atoms with Crippen LogP contribution in [0, 0.1) is 0 Å². The van der Waals surface area contributed by atoms with Crippen LogP contribution < -0.4 is 0 Å². The van der Waals surface area contributed by atoms with Gasteiger partial charge in [0.15, 0.2) is 0 Å². The van der Waals surface area contributed by atoms with E-state index in [1.165, 1.54) is 50.9 Å². The van der Waals surface area contributed by atoms with E-state index in [-0.39, 0.29) is 0 Å².